The maximum atomic E-state index is 12.2. The number of hydrogen-bond donors (Lipinski definition) is 1. The van der Waals surface area contributed by atoms with Gasteiger partial charge in [0.15, 0.2) is 0 Å². The van der Waals surface area contributed by atoms with Gasteiger partial charge in [-0.3, -0.25) is 4.79 Å². The van der Waals surface area contributed by atoms with Crippen LogP contribution in [0.1, 0.15) is 0 Å². The molecule has 3 aromatic rings. The van der Waals surface area contributed by atoms with Crippen LogP contribution >= 0.6 is 23.4 Å². The summed E-state index contributed by atoms with van der Waals surface area (Å²) in [4.78, 5) is 20.7. The summed E-state index contributed by atoms with van der Waals surface area (Å²) in [6.45, 7) is 0. The number of anilines is 1. The summed E-state index contributed by atoms with van der Waals surface area (Å²) in [5, 5.41) is 5.04. The second-order valence-electron chi connectivity index (χ2n) is 4.88. The lowest BCUT2D eigenvalue weighted by Gasteiger charge is -2.10. The van der Waals surface area contributed by atoms with Crippen molar-refractivity contribution in [2.75, 3.05) is 18.2 Å². The Balaban J connectivity index is 1.71. The van der Waals surface area contributed by atoms with Crippen LogP contribution in [0.25, 0.3) is 10.9 Å². The first kappa shape index (κ1) is 16.5. The van der Waals surface area contributed by atoms with Crippen molar-refractivity contribution in [2.45, 2.75) is 5.03 Å². The van der Waals surface area contributed by atoms with Crippen LogP contribution in [0, 0.1) is 0 Å². The molecule has 0 aliphatic heterocycles. The van der Waals surface area contributed by atoms with E-state index in [2.05, 4.69) is 15.3 Å². The molecule has 1 aromatic heterocycles. The Kier molecular flexibility index (Phi) is 5.17. The second kappa shape index (κ2) is 7.51. The molecule has 5 nitrogen and oxygen atoms in total. The number of ether oxygens (including phenoxy) is 1. The molecule has 0 radical (unpaired) electrons. The van der Waals surface area contributed by atoms with Crippen LogP contribution in [0.15, 0.2) is 53.8 Å². The van der Waals surface area contributed by atoms with Gasteiger partial charge in [-0.2, -0.15) is 0 Å². The minimum absolute atomic E-state index is 0.164. The van der Waals surface area contributed by atoms with Crippen molar-refractivity contribution >= 4 is 45.9 Å². The number of carbonyl (C=O) groups excluding carboxylic acids is 1. The number of nitrogens with zero attached hydrogens (tertiary/aromatic N) is 2. The number of rotatable bonds is 5. The second-order valence-corrected chi connectivity index (χ2v) is 6.28. The lowest BCUT2D eigenvalue weighted by molar-refractivity contribution is -0.113. The van der Waals surface area contributed by atoms with Gasteiger partial charge in [-0.15, -0.1) is 0 Å². The van der Waals surface area contributed by atoms with Crippen molar-refractivity contribution in [1.82, 2.24) is 9.97 Å². The fraction of sp³-hybridized carbons (Fsp3) is 0.118. The quantitative estimate of drug-likeness (QED) is 0.550. The van der Waals surface area contributed by atoms with E-state index < -0.39 is 0 Å². The fourth-order valence-corrected chi connectivity index (χ4v) is 3.16. The van der Waals surface area contributed by atoms with Crippen molar-refractivity contribution in [2.24, 2.45) is 0 Å². The third kappa shape index (κ3) is 3.77. The molecule has 0 unspecified atom stereocenters. The summed E-state index contributed by atoms with van der Waals surface area (Å²) in [7, 11) is 1.54. The van der Waals surface area contributed by atoms with Gasteiger partial charge in [0, 0.05) is 10.4 Å². The van der Waals surface area contributed by atoms with E-state index in [1.165, 1.54) is 18.1 Å². The molecule has 0 fully saturated rings. The van der Waals surface area contributed by atoms with Crippen LogP contribution in [0.5, 0.6) is 5.75 Å². The maximum absolute atomic E-state index is 12.2. The predicted molar refractivity (Wildman–Crippen MR) is 96.9 cm³/mol. The molecule has 0 bridgehead atoms. The predicted octanol–water partition coefficient (Wildman–Crippen LogP) is 4.02. The molecule has 1 amide bonds. The third-order valence-electron chi connectivity index (χ3n) is 3.28. The summed E-state index contributed by atoms with van der Waals surface area (Å²) >= 11 is 7.32. The number of benzene rings is 2. The average molecular weight is 360 g/mol. The molecule has 0 atom stereocenters. The van der Waals surface area contributed by atoms with Gasteiger partial charge in [0.05, 0.1) is 24.1 Å². The van der Waals surface area contributed by atoms with Gasteiger partial charge in [-0.25, -0.2) is 9.97 Å². The highest BCUT2D eigenvalue weighted by Gasteiger charge is 2.11. The lowest BCUT2D eigenvalue weighted by atomic mass is 10.2. The Labute approximate surface area is 148 Å². The molecule has 3 rings (SSSR count). The van der Waals surface area contributed by atoms with E-state index in [1.807, 2.05) is 24.3 Å². The van der Waals surface area contributed by atoms with Gasteiger partial charge in [0.1, 0.15) is 17.1 Å². The summed E-state index contributed by atoms with van der Waals surface area (Å²) < 4.78 is 5.22. The molecule has 122 valence electrons. The van der Waals surface area contributed by atoms with Gasteiger partial charge in [0.25, 0.3) is 0 Å². The van der Waals surface area contributed by atoms with Crippen molar-refractivity contribution in [3.63, 3.8) is 0 Å². The van der Waals surface area contributed by atoms with E-state index in [4.69, 9.17) is 16.3 Å². The number of fused-ring (bicyclic) bond motifs is 1. The summed E-state index contributed by atoms with van der Waals surface area (Å²) in [5.41, 5.74) is 1.40. The zero-order chi connectivity index (χ0) is 16.9. The van der Waals surface area contributed by atoms with Gasteiger partial charge in [0.2, 0.25) is 5.91 Å². The number of nitrogens with one attached hydrogen (secondary N) is 1. The smallest absolute Gasteiger partial charge is 0.234 e. The van der Waals surface area contributed by atoms with Crippen LogP contribution in [-0.2, 0) is 4.79 Å². The summed E-state index contributed by atoms with van der Waals surface area (Å²) in [5.74, 6) is 0.616. The van der Waals surface area contributed by atoms with Crippen LogP contribution in [0.3, 0.4) is 0 Å². The number of amides is 1. The highest BCUT2D eigenvalue weighted by Crippen LogP contribution is 2.28. The minimum Gasteiger partial charge on any atom is -0.495 e. The largest absolute Gasteiger partial charge is 0.495 e. The van der Waals surface area contributed by atoms with Crippen molar-refractivity contribution < 1.29 is 9.53 Å². The SMILES string of the molecule is COc1ccc(Cl)cc1NC(=O)CSc1ncnc2ccccc12. The first-order valence-electron chi connectivity index (χ1n) is 7.13. The molecule has 2 aromatic carbocycles. The molecule has 0 saturated heterocycles. The van der Waals surface area contributed by atoms with Crippen molar-refractivity contribution in [3.05, 3.63) is 53.8 Å². The van der Waals surface area contributed by atoms with E-state index >= 15 is 0 Å². The normalized spacial score (nSPS) is 10.6. The first-order valence-corrected chi connectivity index (χ1v) is 8.49. The van der Waals surface area contributed by atoms with Crippen LogP contribution < -0.4 is 10.1 Å². The Morgan fingerprint density at radius 1 is 1.25 bits per heavy atom. The van der Waals surface area contributed by atoms with Crippen LogP contribution in [0.4, 0.5) is 5.69 Å². The molecule has 1 heterocycles. The van der Waals surface area contributed by atoms with Gasteiger partial charge in [-0.05, 0) is 24.3 Å². The molecular formula is C17H14ClN3O2S. The molecule has 0 aliphatic carbocycles. The van der Waals surface area contributed by atoms with E-state index in [9.17, 15) is 4.79 Å². The maximum Gasteiger partial charge on any atom is 0.234 e. The van der Waals surface area contributed by atoms with E-state index in [-0.39, 0.29) is 11.7 Å². The standard InChI is InChI=1S/C17H14ClN3O2S/c1-23-15-7-6-11(18)8-14(15)21-16(22)9-24-17-12-4-2-3-5-13(12)19-10-20-17/h2-8,10H,9H2,1H3,(H,21,22). The van der Waals surface area contributed by atoms with Gasteiger partial charge < -0.3 is 10.1 Å². The van der Waals surface area contributed by atoms with Crippen molar-refractivity contribution in [3.8, 4) is 5.75 Å². The van der Waals surface area contributed by atoms with Gasteiger partial charge >= 0.3 is 0 Å². The lowest BCUT2D eigenvalue weighted by Crippen LogP contribution is -2.14. The highest BCUT2D eigenvalue weighted by atomic mass is 35.5. The Morgan fingerprint density at radius 2 is 2.08 bits per heavy atom. The Hall–Kier alpha value is -2.31. The molecule has 0 spiro atoms. The number of carbonyl (C=O) groups is 1. The summed E-state index contributed by atoms with van der Waals surface area (Å²) in [6, 6.07) is 12.8. The molecule has 1 N–H and O–H groups in total. The Bertz CT molecular complexity index is 883. The fourth-order valence-electron chi connectivity index (χ4n) is 2.19. The average Bonchev–Trinajstić information content (AvgIpc) is 2.60. The monoisotopic (exact) mass is 359 g/mol. The molecular weight excluding hydrogens is 346 g/mol. The Morgan fingerprint density at radius 3 is 2.92 bits per heavy atom. The zero-order valence-electron chi connectivity index (χ0n) is 12.8. The summed E-state index contributed by atoms with van der Waals surface area (Å²) in [6.07, 6.45) is 1.50. The topological polar surface area (TPSA) is 64.1 Å². The number of halogens is 1. The highest BCUT2D eigenvalue weighted by molar-refractivity contribution is 8.00. The first-order chi connectivity index (χ1) is 11.7. The van der Waals surface area contributed by atoms with E-state index in [1.54, 1.807) is 25.3 Å². The van der Waals surface area contributed by atoms with Crippen LogP contribution in [0.2, 0.25) is 5.02 Å². The number of methoxy groups -OCH3 is 1. The number of hydrogen-bond acceptors (Lipinski definition) is 5. The number of thioether (sulfide) groups is 1. The molecule has 0 aliphatic rings. The van der Waals surface area contributed by atoms with Crippen LogP contribution in [-0.4, -0.2) is 28.7 Å². The number of para-hydroxylation sites is 1. The number of aromatic nitrogens is 2. The van der Waals surface area contributed by atoms with Crippen molar-refractivity contribution in [1.29, 1.82) is 0 Å². The molecule has 0 saturated carbocycles. The van der Waals surface area contributed by atoms with E-state index in [0.29, 0.717) is 16.5 Å². The third-order valence-corrected chi connectivity index (χ3v) is 4.52. The van der Waals surface area contributed by atoms with E-state index in [0.717, 1.165) is 15.9 Å². The van der Waals surface area contributed by atoms with Gasteiger partial charge in [-0.1, -0.05) is 41.6 Å². The minimum atomic E-state index is -0.164. The molecule has 24 heavy (non-hydrogen) atoms. The zero-order valence-corrected chi connectivity index (χ0v) is 14.4. The molecule has 7 heteroatoms.